The van der Waals surface area contributed by atoms with E-state index < -0.39 is 10.0 Å². The molecule has 1 saturated carbocycles. The molecule has 0 aromatic heterocycles. The van der Waals surface area contributed by atoms with Crippen LogP contribution in [0.4, 0.5) is 5.69 Å². The molecule has 0 saturated heterocycles. The van der Waals surface area contributed by atoms with E-state index in [9.17, 15) is 8.42 Å². The second-order valence-electron chi connectivity index (χ2n) is 5.70. The van der Waals surface area contributed by atoms with Crippen LogP contribution in [0.5, 0.6) is 0 Å². The molecule has 1 aliphatic carbocycles. The number of hydrogen-bond donors (Lipinski definition) is 1. The number of nitrogens with one attached hydrogen (secondary N) is 1. The Morgan fingerprint density at radius 2 is 1.70 bits per heavy atom. The van der Waals surface area contributed by atoms with Crippen LogP contribution in [0.3, 0.4) is 0 Å². The molecule has 1 aliphatic rings. The molecule has 0 amide bonds. The maximum atomic E-state index is 12.0. The maximum absolute atomic E-state index is 12.0. The van der Waals surface area contributed by atoms with E-state index in [2.05, 4.69) is 5.32 Å². The molecule has 1 fully saturated rings. The fourth-order valence-electron chi connectivity index (χ4n) is 2.61. The minimum Gasteiger partial charge on any atom is -0.385 e. The third kappa shape index (κ3) is 3.73. The summed E-state index contributed by atoms with van der Waals surface area (Å²) in [7, 11) is -0.231. The number of sulfonamides is 1. The first-order valence-corrected chi connectivity index (χ1v) is 8.70. The van der Waals surface area contributed by atoms with Gasteiger partial charge in [0.05, 0.1) is 4.90 Å². The summed E-state index contributed by atoms with van der Waals surface area (Å²) in [4.78, 5) is 0.339. The fourth-order valence-corrected chi connectivity index (χ4v) is 3.51. The van der Waals surface area contributed by atoms with Gasteiger partial charge in [0.2, 0.25) is 10.0 Å². The predicted molar refractivity (Wildman–Crippen MR) is 82.4 cm³/mol. The first-order chi connectivity index (χ1) is 9.50. The van der Waals surface area contributed by atoms with Crippen molar-refractivity contribution < 1.29 is 8.42 Å². The highest BCUT2D eigenvalue weighted by Crippen LogP contribution is 2.24. The molecular weight excluding hydrogens is 272 g/mol. The van der Waals surface area contributed by atoms with Crippen molar-refractivity contribution in [1.82, 2.24) is 4.31 Å². The molecule has 0 radical (unpaired) electrons. The minimum atomic E-state index is -3.32. The predicted octanol–water partition coefficient (Wildman–Crippen LogP) is 2.93. The van der Waals surface area contributed by atoms with Crippen LogP contribution in [0.15, 0.2) is 29.2 Å². The average Bonchev–Trinajstić information content (AvgIpc) is 2.46. The average molecular weight is 296 g/mol. The molecule has 0 heterocycles. The van der Waals surface area contributed by atoms with Gasteiger partial charge in [0.15, 0.2) is 0 Å². The lowest BCUT2D eigenvalue weighted by molar-refractivity contribution is 0.373. The van der Waals surface area contributed by atoms with Gasteiger partial charge < -0.3 is 5.32 Å². The maximum Gasteiger partial charge on any atom is 0.242 e. The van der Waals surface area contributed by atoms with Crippen LogP contribution in [-0.4, -0.2) is 33.4 Å². The first-order valence-electron chi connectivity index (χ1n) is 7.26. The monoisotopic (exact) mass is 296 g/mol. The van der Waals surface area contributed by atoms with E-state index in [1.807, 2.05) is 12.1 Å². The largest absolute Gasteiger partial charge is 0.385 e. The van der Waals surface area contributed by atoms with Gasteiger partial charge in [0.25, 0.3) is 0 Å². The molecule has 1 aromatic rings. The SMILES string of the molecule is CN(C)S(=O)(=O)c1ccc(NCC2CCCCC2)cc1. The normalized spacial score (nSPS) is 17.4. The highest BCUT2D eigenvalue weighted by Gasteiger charge is 2.17. The van der Waals surface area contributed by atoms with Crippen LogP contribution < -0.4 is 5.32 Å². The number of nitrogens with zero attached hydrogens (tertiary/aromatic N) is 1. The molecular formula is C15H24N2O2S. The van der Waals surface area contributed by atoms with Gasteiger partial charge in [-0.3, -0.25) is 0 Å². The summed E-state index contributed by atoms with van der Waals surface area (Å²) in [6.07, 6.45) is 6.66. The van der Waals surface area contributed by atoms with Crippen molar-refractivity contribution in [2.45, 2.75) is 37.0 Å². The summed E-state index contributed by atoms with van der Waals surface area (Å²) in [5.41, 5.74) is 0.994. The Kier molecular flexibility index (Phi) is 5.05. The zero-order valence-corrected chi connectivity index (χ0v) is 13.1. The summed E-state index contributed by atoms with van der Waals surface area (Å²) in [5, 5.41) is 3.41. The molecule has 0 spiro atoms. The van der Waals surface area contributed by atoms with E-state index in [0.29, 0.717) is 4.90 Å². The van der Waals surface area contributed by atoms with Gasteiger partial charge in [-0.2, -0.15) is 0 Å². The topological polar surface area (TPSA) is 49.4 Å². The van der Waals surface area contributed by atoms with Crippen LogP contribution in [0.2, 0.25) is 0 Å². The minimum absolute atomic E-state index is 0.339. The third-order valence-electron chi connectivity index (χ3n) is 3.95. The Bertz CT molecular complexity index is 517. The van der Waals surface area contributed by atoms with Crippen molar-refractivity contribution in [2.24, 2.45) is 5.92 Å². The third-order valence-corrected chi connectivity index (χ3v) is 5.78. The molecule has 0 atom stereocenters. The first kappa shape index (κ1) is 15.3. The van der Waals surface area contributed by atoms with Gasteiger partial charge in [0.1, 0.15) is 0 Å². The molecule has 2 rings (SSSR count). The molecule has 0 bridgehead atoms. The molecule has 0 unspecified atom stereocenters. The van der Waals surface area contributed by atoms with E-state index in [1.54, 1.807) is 26.2 Å². The molecule has 5 heteroatoms. The zero-order valence-electron chi connectivity index (χ0n) is 12.3. The van der Waals surface area contributed by atoms with E-state index >= 15 is 0 Å². The summed E-state index contributed by atoms with van der Waals surface area (Å²) >= 11 is 0. The molecule has 20 heavy (non-hydrogen) atoms. The zero-order chi connectivity index (χ0) is 14.6. The summed E-state index contributed by atoms with van der Waals surface area (Å²) in [6.45, 7) is 0.986. The molecule has 1 aromatic carbocycles. The highest BCUT2D eigenvalue weighted by molar-refractivity contribution is 7.89. The van der Waals surface area contributed by atoms with Gasteiger partial charge in [-0.15, -0.1) is 0 Å². The van der Waals surface area contributed by atoms with E-state index in [1.165, 1.54) is 36.4 Å². The van der Waals surface area contributed by atoms with Crippen molar-refractivity contribution >= 4 is 15.7 Å². The van der Waals surface area contributed by atoms with Crippen molar-refractivity contribution in [1.29, 1.82) is 0 Å². The summed E-state index contributed by atoms with van der Waals surface area (Å²) < 4.78 is 25.1. The Labute approximate surface area is 122 Å². The second kappa shape index (κ2) is 6.59. The lowest BCUT2D eigenvalue weighted by Crippen LogP contribution is -2.22. The van der Waals surface area contributed by atoms with E-state index in [-0.39, 0.29) is 0 Å². The number of anilines is 1. The Morgan fingerprint density at radius 3 is 2.25 bits per heavy atom. The Hall–Kier alpha value is -1.07. The number of benzene rings is 1. The highest BCUT2D eigenvalue weighted by atomic mass is 32.2. The quantitative estimate of drug-likeness (QED) is 0.909. The van der Waals surface area contributed by atoms with Crippen LogP contribution in [-0.2, 0) is 10.0 Å². The standard InChI is InChI=1S/C15H24N2O2S/c1-17(2)20(18,19)15-10-8-14(9-11-15)16-12-13-6-4-3-5-7-13/h8-11,13,16H,3-7,12H2,1-2H3. The molecule has 112 valence electrons. The lowest BCUT2D eigenvalue weighted by atomic mass is 9.89. The number of hydrogen-bond acceptors (Lipinski definition) is 3. The van der Waals surface area contributed by atoms with Crippen LogP contribution in [0, 0.1) is 5.92 Å². The van der Waals surface area contributed by atoms with Crippen LogP contribution in [0.1, 0.15) is 32.1 Å². The van der Waals surface area contributed by atoms with E-state index in [0.717, 1.165) is 18.2 Å². The van der Waals surface area contributed by atoms with E-state index in [4.69, 9.17) is 0 Å². The lowest BCUT2D eigenvalue weighted by Gasteiger charge is -2.22. The Morgan fingerprint density at radius 1 is 1.10 bits per heavy atom. The van der Waals surface area contributed by atoms with Gasteiger partial charge in [-0.05, 0) is 43.0 Å². The number of rotatable bonds is 5. The van der Waals surface area contributed by atoms with Crippen molar-refractivity contribution in [3.05, 3.63) is 24.3 Å². The van der Waals surface area contributed by atoms with Crippen molar-refractivity contribution in [3.63, 3.8) is 0 Å². The fraction of sp³-hybridized carbons (Fsp3) is 0.600. The van der Waals surface area contributed by atoms with Crippen LogP contribution in [0.25, 0.3) is 0 Å². The smallest absolute Gasteiger partial charge is 0.242 e. The molecule has 4 nitrogen and oxygen atoms in total. The molecule has 1 N–H and O–H groups in total. The van der Waals surface area contributed by atoms with Crippen LogP contribution >= 0.6 is 0 Å². The Balaban J connectivity index is 1.94. The van der Waals surface area contributed by atoms with Gasteiger partial charge in [-0.1, -0.05) is 19.3 Å². The second-order valence-corrected chi connectivity index (χ2v) is 7.85. The molecule has 0 aliphatic heterocycles. The summed E-state index contributed by atoms with van der Waals surface area (Å²) in [5.74, 6) is 0.758. The van der Waals surface area contributed by atoms with Crippen molar-refractivity contribution in [3.8, 4) is 0 Å². The van der Waals surface area contributed by atoms with Gasteiger partial charge in [0, 0.05) is 26.3 Å². The van der Waals surface area contributed by atoms with Gasteiger partial charge >= 0.3 is 0 Å². The summed E-state index contributed by atoms with van der Waals surface area (Å²) in [6, 6.07) is 7.02. The van der Waals surface area contributed by atoms with Crippen molar-refractivity contribution in [2.75, 3.05) is 26.0 Å². The van der Waals surface area contributed by atoms with Gasteiger partial charge in [-0.25, -0.2) is 12.7 Å².